The second-order valence-electron chi connectivity index (χ2n) is 7.74. The Morgan fingerprint density at radius 2 is 1.88 bits per heavy atom. The minimum absolute atomic E-state index is 0.0855. The van der Waals surface area contributed by atoms with Gasteiger partial charge >= 0.3 is 0 Å². The normalized spacial score (nSPS) is 16.0. The topological polar surface area (TPSA) is 88.2 Å². The fourth-order valence-corrected chi connectivity index (χ4v) is 3.83. The Balaban J connectivity index is 1.41. The van der Waals surface area contributed by atoms with Crippen molar-refractivity contribution in [1.82, 2.24) is 25.1 Å². The molecule has 2 N–H and O–H groups in total. The first kappa shape index (κ1) is 20.0. The van der Waals surface area contributed by atoms with Gasteiger partial charge in [-0.1, -0.05) is 30.3 Å². The van der Waals surface area contributed by atoms with Crippen LogP contribution in [0.3, 0.4) is 0 Å². The third-order valence-electron chi connectivity index (χ3n) is 5.40. The molecule has 1 aromatic carbocycles. The van der Waals surface area contributed by atoms with Crippen LogP contribution in [0.5, 0.6) is 11.8 Å². The zero-order chi connectivity index (χ0) is 21.9. The number of fused-ring (bicyclic) bond motifs is 1. The number of rotatable bonds is 5. The maximum atomic E-state index is 6.36. The number of aromatic amines is 1. The number of methoxy groups -OCH3 is 1. The molecular formula is C24H24N6O2. The SMILES string of the molecule is COc1nc(Nc2ccc3c(n2)OC(c2ccccc2)CN(C)C3)ccc1-c1cn[nH]c1. The van der Waals surface area contributed by atoms with Gasteiger partial charge in [0.1, 0.15) is 17.7 Å². The summed E-state index contributed by atoms with van der Waals surface area (Å²) >= 11 is 0. The molecule has 1 atom stereocenters. The molecule has 0 radical (unpaired) electrons. The number of likely N-dealkylation sites (N-methyl/N-ethyl adjacent to an activating group) is 1. The van der Waals surface area contributed by atoms with Crippen molar-refractivity contribution in [3.05, 3.63) is 78.1 Å². The molecule has 8 nitrogen and oxygen atoms in total. The van der Waals surface area contributed by atoms with E-state index in [0.717, 1.165) is 35.3 Å². The molecule has 32 heavy (non-hydrogen) atoms. The summed E-state index contributed by atoms with van der Waals surface area (Å²) in [6.45, 7) is 1.56. The van der Waals surface area contributed by atoms with E-state index in [2.05, 4.69) is 44.6 Å². The van der Waals surface area contributed by atoms with E-state index >= 15 is 0 Å². The zero-order valence-electron chi connectivity index (χ0n) is 17.9. The number of nitrogens with one attached hydrogen (secondary N) is 2. The molecule has 1 aliphatic rings. The maximum absolute atomic E-state index is 6.36. The summed E-state index contributed by atoms with van der Waals surface area (Å²) in [6, 6.07) is 18.1. The van der Waals surface area contributed by atoms with Crippen LogP contribution in [0.25, 0.3) is 11.1 Å². The van der Waals surface area contributed by atoms with E-state index in [9.17, 15) is 0 Å². The molecule has 5 rings (SSSR count). The van der Waals surface area contributed by atoms with Crippen LogP contribution in [0.4, 0.5) is 11.6 Å². The van der Waals surface area contributed by atoms with Gasteiger partial charge in [0.15, 0.2) is 0 Å². The number of H-pyrrole nitrogens is 1. The van der Waals surface area contributed by atoms with Crippen molar-refractivity contribution in [2.24, 2.45) is 0 Å². The second kappa shape index (κ2) is 8.68. The molecule has 4 heterocycles. The van der Waals surface area contributed by atoms with Crippen molar-refractivity contribution in [2.45, 2.75) is 12.6 Å². The third-order valence-corrected chi connectivity index (χ3v) is 5.40. The van der Waals surface area contributed by atoms with Crippen LogP contribution in [0.15, 0.2) is 67.0 Å². The summed E-state index contributed by atoms with van der Waals surface area (Å²) in [6.07, 6.45) is 3.45. The smallest absolute Gasteiger partial charge is 0.223 e. The van der Waals surface area contributed by atoms with E-state index in [1.165, 1.54) is 0 Å². The Morgan fingerprint density at radius 1 is 1.06 bits per heavy atom. The van der Waals surface area contributed by atoms with Crippen molar-refractivity contribution >= 4 is 11.6 Å². The number of anilines is 2. The summed E-state index contributed by atoms with van der Waals surface area (Å²) in [5.41, 5.74) is 3.96. The van der Waals surface area contributed by atoms with E-state index in [1.807, 2.05) is 42.5 Å². The van der Waals surface area contributed by atoms with Crippen LogP contribution in [0, 0.1) is 0 Å². The number of benzene rings is 1. The van der Waals surface area contributed by atoms with E-state index in [1.54, 1.807) is 19.5 Å². The molecule has 0 spiro atoms. The quantitative estimate of drug-likeness (QED) is 0.493. The summed E-state index contributed by atoms with van der Waals surface area (Å²) in [5, 5.41) is 10.1. The molecule has 0 saturated carbocycles. The molecule has 8 heteroatoms. The molecule has 3 aromatic heterocycles. The number of hydrogen-bond donors (Lipinski definition) is 2. The lowest BCUT2D eigenvalue weighted by Crippen LogP contribution is -2.24. The van der Waals surface area contributed by atoms with Crippen molar-refractivity contribution in [1.29, 1.82) is 0 Å². The number of aromatic nitrogens is 4. The van der Waals surface area contributed by atoms with Gasteiger partial charge in [0.05, 0.1) is 13.3 Å². The Hall–Kier alpha value is -3.91. The lowest BCUT2D eigenvalue weighted by atomic mass is 10.1. The standard InChI is InChI=1S/C24H24N6O2/c1-30-14-17-8-10-21(28-23(17)32-20(15-30)16-6-4-3-5-7-16)27-22-11-9-19(24(29-22)31-2)18-12-25-26-13-18/h3-13,20H,14-15H2,1-2H3,(H,25,26)(H,27,28,29). The molecule has 1 unspecified atom stereocenters. The van der Waals surface area contributed by atoms with Gasteiger partial charge in [-0.25, -0.2) is 0 Å². The molecule has 0 fully saturated rings. The Morgan fingerprint density at radius 3 is 2.66 bits per heavy atom. The van der Waals surface area contributed by atoms with Gasteiger partial charge in [-0.3, -0.25) is 10.00 Å². The second-order valence-corrected chi connectivity index (χ2v) is 7.74. The van der Waals surface area contributed by atoms with Crippen LogP contribution >= 0.6 is 0 Å². The van der Waals surface area contributed by atoms with E-state index in [-0.39, 0.29) is 6.10 Å². The monoisotopic (exact) mass is 428 g/mol. The summed E-state index contributed by atoms with van der Waals surface area (Å²) in [4.78, 5) is 11.6. The minimum Gasteiger partial charge on any atom is -0.480 e. The molecule has 162 valence electrons. The first-order chi connectivity index (χ1) is 15.7. The highest BCUT2D eigenvalue weighted by molar-refractivity contribution is 5.69. The van der Waals surface area contributed by atoms with Crippen molar-refractivity contribution in [3.8, 4) is 22.9 Å². The summed E-state index contributed by atoms with van der Waals surface area (Å²) in [5.74, 6) is 2.43. The predicted molar refractivity (Wildman–Crippen MR) is 122 cm³/mol. The first-order valence-electron chi connectivity index (χ1n) is 10.4. The van der Waals surface area contributed by atoms with Crippen LogP contribution in [-0.4, -0.2) is 45.8 Å². The van der Waals surface area contributed by atoms with Gasteiger partial charge in [-0.2, -0.15) is 15.1 Å². The van der Waals surface area contributed by atoms with Crippen molar-refractivity contribution in [2.75, 3.05) is 26.0 Å². The van der Waals surface area contributed by atoms with Crippen LogP contribution < -0.4 is 14.8 Å². The number of hydrogen-bond acceptors (Lipinski definition) is 7. The Bertz CT molecular complexity index is 1200. The number of pyridine rings is 2. The molecule has 0 saturated heterocycles. The van der Waals surface area contributed by atoms with Crippen molar-refractivity contribution < 1.29 is 9.47 Å². The summed E-state index contributed by atoms with van der Waals surface area (Å²) < 4.78 is 11.8. The van der Waals surface area contributed by atoms with Gasteiger partial charge in [0.2, 0.25) is 11.8 Å². The van der Waals surface area contributed by atoms with Gasteiger partial charge in [-0.15, -0.1) is 0 Å². The number of ether oxygens (including phenoxy) is 2. The van der Waals surface area contributed by atoms with Crippen LogP contribution in [0.2, 0.25) is 0 Å². The van der Waals surface area contributed by atoms with E-state index in [0.29, 0.717) is 23.4 Å². The fourth-order valence-electron chi connectivity index (χ4n) is 3.83. The maximum Gasteiger partial charge on any atom is 0.223 e. The van der Waals surface area contributed by atoms with Gasteiger partial charge in [-0.05, 0) is 36.9 Å². The Labute approximate surface area is 186 Å². The molecule has 1 aliphatic heterocycles. The fraction of sp³-hybridized carbons (Fsp3) is 0.208. The lowest BCUT2D eigenvalue weighted by Gasteiger charge is -2.20. The molecule has 0 bridgehead atoms. The average molecular weight is 428 g/mol. The average Bonchev–Trinajstić information content (AvgIpc) is 3.29. The summed E-state index contributed by atoms with van der Waals surface area (Å²) in [7, 11) is 3.70. The van der Waals surface area contributed by atoms with E-state index in [4.69, 9.17) is 14.5 Å². The molecule has 4 aromatic rings. The predicted octanol–water partition coefficient (Wildman–Crippen LogP) is 4.18. The third kappa shape index (κ3) is 4.13. The lowest BCUT2D eigenvalue weighted by molar-refractivity contribution is 0.160. The van der Waals surface area contributed by atoms with E-state index < -0.39 is 0 Å². The number of nitrogens with zero attached hydrogens (tertiary/aromatic N) is 4. The highest BCUT2D eigenvalue weighted by atomic mass is 16.5. The van der Waals surface area contributed by atoms with Gasteiger partial charge in [0.25, 0.3) is 0 Å². The van der Waals surface area contributed by atoms with Gasteiger partial charge < -0.3 is 14.8 Å². The van der Waals surface area contributed by atoms with Gasteiger partial charge in [0, 0.05) is 36.0 Å². The van der Waals surface area contributed by atoms with Crippen LogP contribution in [-0.2, 0) is 6.54 Å². The molecule has 0 amide bonds. The van der Waals surface area contributed by atoms with Crippen molar-refractivity contribution in [3.63, 3.8) is 0 Å². The largest absolute Gasteiger partial charge is 0.480 e. The highest BCUT2D eigenvalue weighted by Gasteiger charge is 2.23. The first-order valence-corrected chi connectivity index (χ1v) is 10.4. The molecule has 0 aliphatic carbocycles. The minimum atomic E-state index is -0.0855. The molecular weight excluding hydrogens is 404 g/mol. The highest BCUT2D eigenvalue weighted by Crippen LogP contribution is 2.32. The van der Waals surface area contributed by atoms with Crippen LogP contribution in [0.1, 0.15) is 17.2 Å². The Kier molecular flexibility index (Phi) is 5.43. The zero-order valence-corrected chi connectivity index (χ0v) is 17.9.